The van der Waals surface area contributed by atoms with E-state index >= 15 is 0 Å². The van der Waals surface area contributed by atoms with Crippen LogP contribution in [-0.2, 0) is 11.3 Å². The molecule has 1 saturated heterocycles. The lowest BCUT2D eigenvalue weighted by atomic mass is 10.1. The minimum absolute atomic E-state index is 0.320. The summed E-state index contributed by atoms with van der Waals surface area (Å²) in [5.74, 6) is -0.686. The van der Waals surface area contributed by atoms with E-state index in [0.29, 0.717) is 0 Å². The van der Waals surface area contributed by atoms with Gasteiger partial charge in [-0.3, -0.25) is 9.69 Å². The van der Waals surface area contributed by atoms with Crippen LogP contribution in [0.4, 0.5) is 0 Å². The number of carbonyl (C=O) groups is 1. The van der Waals surface area contributed by atoms with Gasteiger partial charge in [-0.15, -0.1) is 11.3 Å². The van der Waals surface area contributed by atoms with Gasteiger partial charge in [-0.05, 0) is 26.3 Å². The van der Waals surface area contributed by atoms with Crippen LogP contribution in [0.2, 0.25) is 0 Å². The molecule has 1 N–H and O–H groups in total. The lowest BCUT2D eigenvalue weighted by Gasteiger charge is -2.26. The quantitative estimate of drug-likeness (QED) is 0.899. The average Bonchev–Trinajstić information content (AvgIpc) is 2.55. The lowest BCUT2D eigenvalue weighted by Crippen LogP contribution is -2.40. The molecule has 1 fully saturated rings. The first-order valence-electron chi connectivity index (χ1n) is 6.04. The maximum absolute atomic E-state index is 11.3. The Morgan fingerprint density at radius 2 is 2.41 bits per heavy atom. The summed E-state index contributed by atoms with van der Waals surface area (Å²) < 4.78 is 0. The molecule has 1 unspecified atom stereocenters. The molecule has 0 bridgehead atoms. The second-order valence-corrected chi connectivity index (χ2v) is 5.47. The van der Waals surface area contributed by atoms with Gasteiger partial charge in [0.1, 0.15) is 6.04 Å². The Balaban J connectivity index is 2.10. The molecule has 0 radical (unpaired) electrons. The van der Waals surface area contributed by atoms with E-state index in [1.54, 1.807) is 11.3 Å². The van der Waals surface area contributed by atoms with Crippen molar-refractivity contribution in [3.63, 3.8) is 0 Å². The van der Waals surface area contributed by atoms with Crippen molar-refractivity contribution in [1.29, 1.82) is 0 Å². The van der Waals surface area contributed by atoms with E-state index in [9.17, 15) is 9.90 Å². The predicted octanol–water partition coefficient (Wildman–Crippen LogP) is 2.28. The predicted molar refractivity (Wildman–Crippen MR) is 67.2 cm³/mol. The van der Waals surface area contributed by atoms with E-state index in [-0.39, 0.29) is 6.04 Å². The first kappa shape index (κ1) is 12.5. The molecular weight excluding hydrogens is 236 g/mol. The third-order valence-electron chi connectivity index (χ3n) is 3.34. The fourth-order valence-corrected chi connectivity index (χ4v) is 3.10. The fourth-order valence-electron chi connectivity index (χ4n) is 2.30. The van der Waals surface area contributed by atoms with E-state index in [2.05, 4.69) is 9.88 Å². The van der Waals surface area contributed by atoms with E-state index in [1.807, 2.05) is 12.4 Å². The summed E-state index contributed by atoms with van der Waals surface area (Å²) in [7, 11) is 0. The third kappa shape index (κ3) is 3.04. The molecule has 1 aliphatic heterocycles. The normalized spacial score (nSPS) is 22.3. The van der Waals surface area contributed by atoms with Gasteiger partial charge < -0.3 is 5.11 Å². The van der Waals surface area contributed by atoms with Crippen molar-refractivity contribution in [3.8, 4) is 0 Å². The SMILES string of the molecule is Cc1ncsc1CN1CCCCCC1C(=O)O. The van der Waals surface area contributed by atoms with E-state index in [4.69, 9.17) is 0 Å². The maximum Gasteiger partial charge on any atom is 0.320 e. The van der Waals surface area contributed by atoms with Crippen molar-refractivity contribution in [1.82, 2.24) is 9.88 Å². The largest absolute Gasteiger partial charge is 0.480 e. The molecular formula is C12H18N2O2S. The summed E-state index contributed by atoms with van der Waals surface area (Å²) in [6.45, 7) is 3.60. The molecule has 1 aliphatic rings. The van der Waals surface area contributed by atoms with Crippen molar-refractivity contribution >= 4 is 17.3 Å². The highest BCUT2D eigenvalue weighted by Crippen LogP contribution is 2.22. The molecule has 17 heavy (non-hydrogen) atoms. The Morgan fingerprint density at radius 1 is 1.59 bits per heavy atom. The molecule has 94 valence electrons. The Morgan fingerprint density at radius 3 is 3.06 bits per heavy atom. The smallest absolute Gasteiger partial charge is 0.320 e. The minimum Gasteiger partial charge on any atom is -0.480 e. The van der Waals surface area contributed by atoms with Gasteiger partial charge in [0.15, 0.2) is 0 Å². The number of hydrogen-bond donors (Lipinski definition) is 1. The highest BCUT2D eigenvalue weighted by molar-refractivity contribution is 7.09. The Labute approximate surface area is 105 Å². The second-order valence-electron chi connectivity index (χ2n) is 4.53. The average molecular weight is 254 g/mol. The van der Waals surface area contributed by atoms with E-state index in [0.717, 1.165) is 44.5 Å². The molecule has 1 aromatic heterocycles. The summed E-state index contributed by atoms with van der Waals surface area (Å²) in [6, 6.07) is -0.320. The van der Waals surface area contributed by atoms with Gasteiger partial charge in [0.25, 0.3) is 0 Å². The first-order valence-corrected chi connectivity index (χ1v) is 6.92. The number of thiazole rings is 1. The Kier molecular flexibility index (Phi) is 4.12. The maximum atomic E-state index is 11.3. The number of likely N-dealkylation sites (tertiary alicyclic amines) is 1. The number of carboxylic acids is 1. The van der Waals surface area contributed by atoms with Crippen LogP contribution in [-0.4, -0.2) is 33.5 Å². The van der Waals surface area contributed by atoms with Gasteiger partial charge in [-0.25, -0.2) is 4.98 Å². The second kappa shape index (κ2) is 5.60. The number of nitrogens with zero attached hydrogens (tertiary/aromatic N) is 2. The third-order valence-corrected chi connectivity index (χ3v) is 4.26. The summed E-state index contributed by atoms with van der Waals surface area (Å²) in [4.78, 5) is 18.8. The van der Waals surface area contributed by atoms with Crippen LogP contribution in [0.1, 0.15) is 36.3 Å². The van der Waals surface area contributed by atoms with Crippen LogP contribution in [0.3, 0.4) is 0 Å². The topological polar surface area (TPSA) is 53.4 Å². The Bertz CT molecular complexity index is 392. The van der Waals surface area contributed by atoms with Crippen molar-refractivity contribution in [2.45, 2.75) is 45.2 Å². The zero-order valence-electron chi connectivity index (χ0n) is 10.1. The van der Waals surface area contributed by atoms with Gasteiger partial charge in [-0.1, -0.05) is 12.8 Å². The molecule has 1 aromatic rings. The number of aliphatic carboxylic acids is 1. The highest BCUT2D eigenvalue weighted by atomic mass is 32.1. The summed E-state index contributed by atoms with van der Waals surface area (Å²) >= 11 is 1.62. The monoisotopic (exact) mass is 254 g/mol. The number of carboxylic acid groups (broad SMARTS) is 1. The summed E-state index contributed by atoms with van der Waals surface area (Å²) in [6.07, 6.45) is 4.03. The molecule has 4 nitrogen and oxygen atoms in total. The molecule has 0 aliphatic carbocycles. The molecule has 0 aromatic carbocycles. The van der Waals surface area contributed by atoms with Gasteiger partial charge in [0, 0.05) is 11.4 Å². The molecule has 1 atom stereocenters. The summed E-state index contributed by atoms with van der Waals surface area (Å²) in [5, 5.41) is 9.28. The van der Waals surface area contributed by atoms with Gasteiger partial charge in [0.2, 0.25) is 0 Å². The van der Waals surface area contributed by atoms with E-state index in [1.165, 1.54) is 4.88 Å². The standard InChI is InChI=1S/C12H18N2O2S/c1-9-11(17-8-13-9)7-14-6-4-2-3-5-10(14)12(15)16/h8,10H,2-7H2,1H3,(H,15,16). The molecule has 5 heteroatoms. The van der Waals surface area contributed by atoms with Gasteiger partial charge >= 0.3 is 5.97 Å². The highest BCUT2D eigenvalue weighted by Gasteiger charge is 2.27. The molecule has 0 saturated carbocycles. The van der Waals surface area contributed by atoms with Crippen molar-refractivity contribution in [2.24, 2.45) is 0 Å². The van der Waals surface area contributed by atoms with Crippen LogP contribution in [0.5, 0.6) is 0 Å². The number of hydrogen-bond acceptors (Lipinski definition) is 4. The number of aromatic nitrogens is 1. The van der Waals surface area contributed by atoms with Crippen LogP contribution >= 0.6 is 11.3 Å². The van der Waals surface area contributed by atoms with Gasteiger partial charge in [-0.2, -0.15) is 0 Å². The van der Waals surface area contributed by atoms with Crippen molar-refractivity contribution in [3.05, 3.63) is 16.1 Å². The van der Waals surface area contributed by atoms with Crippen molar-refractivity contribution in [2.75, 3.05) is 6.54 Å². The molecule has 2 rings (SSSR count). The fraction of sp³-hybridized carbons (Fsp3) is 0.667. The number of aryl methyl sites for hydroxylation is 1. The van der Waals surface area contributed by atoms with Crippen molar-refractivity contribution < 1.29 is 9.90 Å². The minimum atomic E-state index is -0.686. The van der Waals surface area contributed by atoms with Crippen LogP contribution in [0.15, 0.2) is 5.51 Å². The molecule has 0 amide bonds. The van der Waals surface area contributed by atoms with Crippen LogP contribution in [0.25, 0.3) is 0 Å². The molecule has 0 spiro atoms. The zero-order chi connectivity index (χ0) is 12.3. The van der Waals surface area contributed by atoms with Crippen LogP contribution < -0.4 is 0 Å². The zero-order valence-corrected chi connectivity index (χ0v) is 10.9. The number of rotatable bonds is 3. The van der Waals surface area contributed by atoms with Crippen LogP contribution in [0, 0.1) is 6.92 Å². The lowest BCUT2D eigenvalue weighted by molar-refractivity contribution is -0.143. The first-order chi connectivity index (χ1) is 8.18. The van der Waals surface area contributed by atoms with E-state index < -0.39 is 5.97 Å². The molecule has 2 heterocycles. The Hall–Kier alpha value is -0.940. The van der Waals surface area contributed by atoms with Gasteiger partial charge in [0.05, 0.1) is 11.2 Å². The summed E-state index contributed by atoms with van der Waals surface area (Å²) in [5.41, 5.74) is 2.86.